The van der Waals surface area contributed by atoms with E-state index in [1.54, 1.807) is 11.8 Å². The molecule has 0 aliphatic heterocycles. The van der Waals surface area contributed by atoms with Crippen molar-refractivity contribution in [1.29, 1.82) is 0 Å². The van der Waals surface area contributed by atoms with E-state index in [9.17, 15) is 4.79 Å². The van der Waals surface area contributed by atoms with Gasteiger partial charge in [0.15, 0.2) is 6.54 Å². The molecule has 0 fully saturated rings. The third-order valence-corrected chi connectivity index (χ3v) is 4.16. The summed E-state index contributed by atoms with van der Waals surface area (Å²) in [4.78, 5) is 13.1. The summed E-state index contributed by atoms with van der Waals surface area (Å²) >= 11 is 1.63. The second kappa shape index (κ2) is 7.86. The fourth-order valence-corrected chi connectivity index (χ4v) is 2.68. The molecule has 21 heavy (non-hydrogen) atoms. The molecule has 0 spiro atoms. The van der Waals surface area contributed by atoms with Crippen LogP contribution in [0.25, 0.3) is 0 Å². The van der Waals surface area contributed by atoms with Crippen LogP contribution in [0.2, 0.25) is 0 Å². The molecule has 2 aromatic carbocycles. The normalized spacial score (nSPS) is 11.9. The molecule has 3 nitrogen and oxygen atoms in total. The van der Waals surface area contributed by atoms with Crippen molar-refractivity contribution in [2.45, 2.75) is 17.9 Å². The Morgan fingerprint density at radius 2 is 1.81 bits per heavy atom. The monoisotopic (exact) mass is 301 g/mol. The molecule has 0 saturated carbocycles. The van der Waals surface area contributed by atoms with Crippen molar-refractivity contribution in [2.75, 3.05) is 18.1 Å². The van der Waals surface area contributed by atoms with E-state index in [2.05, 4.69) is 24.4 Å². The van der Waals surface area contributed by atoms with Gasteiger partial charge in [-0.1, -0.05) is 42.5 Å². The van der Waals surface area contributed by atoms with Crippen molar-refractivity contribution in [1.82, 2.24) is 0 Å². The summed E-state index contributed by atoms with van der Waals surface area (Å²) in [5.74, 6) is 0.0271. The average Bonchev–Trinajstić information content (AvgIpc) is 2.54. The molecule has 0 aromatic heterocycles. The number of rotatable bonds is 6. The number of nitrogens with two attached hydrogens (primary N) is 1. The molecule has 110 valence electrons. The number of para-hydroxylation sites is 1. The first-order valence-corrected chi connectivity index (χ1v) is 8.24. The maximum absolute atomic E-state index is 12.1. The minimum Gasteiger partial charge on any atom is -0.333 e. The smallest absolute Gasteiger partial charge is 0.279 e. The van der Waals surface area contributed by atoms with E-state index in [4.69, 9.17) is 0 Å². The molecule has 0 aliphatic carbocycles. The number of amides is 1. The van der Waals surface area contributed by atoms with Crippen LogP contribution >= 0.6 is 11.8 Å². The van der Waals surface area contributed by atoms with E-state index in [-0.39, 0.29) is 11.9 Å². The third-order valence-electron chi connectivity index (χ3n) is 3.36. The zero-order chi connectivity index (χ0) is 15.1. The maximum atomic E-state index is 12.1. The number of hydrogen-bond donors (Lipinski definition) is 2. The topological polar surface area (TPSA) is 45.7 Å². The molecule has 4 heteroatoms. The van der Waals surface area contributed by atoms with Crippen LogP contribution in [0, 0.1) is 0 Å². The Hall–Kier alpha value is -1.78. The summed E-state index contributed by atoms with van der Waals surface area (Å²) in [5.41, 5.74) is 2.12. The molecule has 2 aromatic rings. The van der Waals surface area contributed by atoms with E-state index in [0.717, 1.165) is 10.6 Å². The van der Waals surface area contributed by atoms with Crippen molar-refractivity contribution in [3.63, 3.8) is 0 Å². The van der Waals surface area contributed by atoms with Gasteiger partial charge in [0, 0.05) is 10.5 Å². The van der Waals surface area contributed by atoms with Gasteiger partial charge in [-0.2, -0.15) is 0 Å². The number of benzene rings is 2. The Kier molecular flexibility index (Phi) is 5.84. The molecule has 0 unspecified atom stereocenters. The van der Waals surface area contributed by atoms with Gasteiger partial charge in [-0.15, -0.1) is 11.8 Å². The van der Waals surface area contributed by atoms with Gasteiger partial charge in [-0.05, 0) is 25.3 Å². The highest BCUT2D eigenvalue weighted by Crippen LogP contribution is 2.24. The Balaban J connectivity index is 1.88. The minimum absolute atomic E-state index is 0.0271. The van der Waals surface area contributed by atoms with Gasteiger partial charge in [-0.3, -0.25) is 4.79 Å². The number of thioether (sulfide) groups is 1. The lowest BCUT2D eigenvalue weighted by Crippen LogP contribution is -2.86. The van der Waals surface area contributed by atoms with Crippen LogP contribution in [0.4, 0.5) is 5.69 Å². The summed E-state index contributed by atoms with van der Waals surface area (Å²) < 4.78 is 0. The first kappa shape index (κ1) is 15.6. The van der Waals surface area contributed by atoms with Crippen molar-refractivity contribution in [3.05, 3.63) is 60.2 Å². The Morgan fingerprint density at radius 3 is 2.52 bits per heavy atom. The fraction of sp³-hybridized carbons (Fsp3) is 0.235. The number of anilines is 1. The molecular weight excluding hydrogens is 280 g/mol. The first-order valence-electron chi connectivity index (χ1n) is 7.02. The molecule has 0 saturated heterocycles. The molecule has 1 atom stereocenters. The van der Waals surface area contributed by atoms with Crippen LogP contribution < -0.4 is 10.6 Å². The highest BCUT2D eigenvalue weighted by molar-refractivity contribution is 7.98. The highest BCUT2D eigenvalue weighted by Gasteiger charge is 2.12. The first-order chi connectivity index (χ1) is 10.2. The van der Waals surface area contributed by atoms with Crippen LogP contribution in [-0.4, -0.2) is 18.7 Å². The molecule has 0 bridgehead atoms. The van der Waals surface area contributed by atoms with Gasteiger partial charge in [0.05, 0.1) is 5.69 Å². The zero-order valence-corrected chi connectivity index (χ0v) is 13.2. The number of quaternary nitrogens is 1. The van der Waals surface area contributed by atoms with Crippen molar-refractivity contribution in [2.24, 2.45) is 0 Å². The number of nitrogens with one attached hydrogen (secondary N) is 1. The molecule has 0 aliphatic rings. The van der Waals surface area contributed by atoms with Gasteiger partial charge < -0.3 is 10.6 Å². The molecule has 2 rings (SSSR count). The summed E-state index contributed by atoms with van der Waals surface area (Å²) in [6.07, 6.45) is 2.01. The number of carbonyl (C=O) groups is 1. The van der Waals surface area contributed by atoms with Crippen LogP contribution in [0.1, 0.15) is 18.5 Å². The third kappa shape index (κ3) is 4.62. The lowest BCUT2D eigenvalue weighted by atomic mass is 10.1. The van der Waals surface area contributed by atoms with Crippen LogP contribution in [0.3, 0.4) is 0 Å². The van der Waals surface area contributed by atoms with Crippen LogP contribution in [-0.2, 0) is 4.79 Å². The van der Waals surface area contributed by atoms with Crippen LogP contribution in [0.5, 0.6) is 0 Å². The molecule has 3 N–H and O–H groups in total. The Morgan fingerprint density at radius 1 is 1.14 bits per heavy atom. The van der Waals surface area contributed by atoms with Gasteiger partial charge in [0.25, 0.3) is 5.91 Å². The number of hydrogen-bond acceptors (Lipinski definition) is 2. The highest BCUT2D eigenvalue weighted by atomic mass is 32.2. The Labute approximate surface area is 130 Å². The fourth-order valence-electron chi connectivity index (χ4n) is 2.13. The predicted molar refractivity (Wildman–Crippen MR) is 88.5 cm³/mol. The quantitative estimate of drug-likeness (QED) is 0.806. The summed E-state index contributed by atoms with van der Waals surface area (Å²) in [6.45, 7) is 2.53. The summed E-state index contributed by atoms with van der Waals surface area (Å²) in [5, 5.41) is 5.03. The van der Waals surface area contributed by atoms with E-state index in [1.165, 1.54) is 5.56 Å². The zero-order valence-electron chi connectivity index (χ0n) is 12.4. The molecule has 1 amide bonds. The van der Waals surface area contributed by atoms with E-state index in [1.807, 2.05) is 54.0 Å². The van der Waals surface area contributed by atoms with Crippen molar-refractivity contribution < 1.29 is 10.1 Å². The van der Waals surface area contributed by atoms with E-state index < -0.39 is 0 Å². The largest absolute Gasteiger partial charge is 0.333 e. The minimum atomic E-state index is 0.0271. The van der Waals surface area contributed by atoms with Crippen LogP contribution in [0.15, 0.2) is 59.5 Å². The van der Waals surface area contributed by atoms with Gasteiger partial charge in [0.1, 0.15) is 6.04 Å². The van der Waals surface area contributed by atoms with E-state index >= 15 is 0 Å². The molecule has 0 radical (unpaired) electrons. The second-order valence-corrected chi connectivity index (χ2v) is 5.74. The van der Waals surface area contributed by atoms with E-state index in [0.29, 0.717) is 6.54 Å². The lowest BCUT2D eigenvalue weighted by molar-refractivity contribution is -0.682. The van der Waals surface area contributed by atoms with Gasteiger partial charge >= 0.3 is 0 Å². The standard InChI is InChI=1S/C17H20N2OS/c1-13(14-8-4-3-5-9-14)18-12-17(20)19-15-10-6-7-11-16(15)21-2/h3-11,13,18H,12H2,1-2H3,(H,19,20)/p+1/t13-/m1/s1. The molecular formula is C17H21N2OS+. The second-order valence-electron chi connectivity index (χ2n) is 4.89. The summed E-state index contributed by atoms with van der Waals surface area (Å²) in [6, 6.07) is 18.3. The Bertz CT molecular complexity index is 586. The SMILES string of the molecule is CSc1ccccc1NC(=O)C[NH2+][C@H](C)c1ccccc1. The lowest BCUT2D eigenvalue weighted by Gasteiger charge is -2.12. The predicted octanol–water partition coefficient (Wildman–Crippen LogP) is 2.67. The molecule has 0 heterocycles. The number of carbonyl (C=O) groups excluding carboxylic acids is 1. The summed E-state index contributed by atoms with van der Waals surface area (Å²) in [7, 11) is 0. The van der Waals surface area contributed by atoms with Gasteiger partial charge in [0.2, 0.25) is 0 Å². The van der Waals surface area contributed by atoms with Crippen molar-refractivity contribution in [3.8, 4) is 0 Å². The van der Waals surface area contributed by atoms with Crippen molar-refractivity contribution >= 4 is 23.4 Å². The van der Waals surface area contributed by atoms with Gasteiger partial charge in [-0.25, -0.2) is 0 Å². The average molecular weight is 301 g/mol. The maximum Gasteiger partial charge on any atom is 0.279 e.